The van der Waals surface area contributed by atoms with Crippen molar-refractivity contribution in [3.63, 3.8) is 0 Å². The zero-order chi connectivity index (χ0) is 20.1. The molecule has 1 heterocycles. The summed E-state index contributed by atoms with van der Waals surface area (Å²) in [5, 5.41) is 8.08. The van der Waals surface area contributed by atoms with Gasteiger partial charge in [-0.15, -0.1) is 0 Å². The molecule has 0 aliphatic heterocycles. The van der Waals surface area contributed by atoms with E-state index in [1.807, 2.05) is 30.3 Å². The molecule has 0 bridgehead atoms. The molecular weight excluding hydrogens is 374 g/mol. The van der Waals surface area contributed by atoms with E-state index >= 15 is 0 Å². The van der Waals surface area contributed by atoms with Crippen molar-refractivity contribution in [2.75, 3.05) is 19.6 Å². The van der Waals surface area contributed by atoms with Crippen LogP contribution in [0.2, 0.25) is 5.02 Å². The number of nitrogens with zero attached hydrogens (tertiary/aromatic N) is 2. The minimum absolute atomic E-state index is 0.0683. The number of amides is 1. The van der Waals surface area contributed by atoms with E-state index in [0.29, 0.717) is 10.8 Å². The zero-order valence-electron chi connectivity index (χ0n) is 17.0. The van der Waals surface area contributed by atoms with Gasteiger partial charge < -0.3 is 14.7 Å². The number of carbonyl (C=O) groups excluding carboxylic acids is 1. The lowest BCUT2D eigenvalue weighted by Gasteiger charge is -2.21. The Kier molecular flexibility index (Phi) is 6.78. The predicted molar refractivity (Wildman–Crippen MR) is 112 cm³/mol. The Morgan fingerprint density at radius 3 is 2.57 bits per heavy atom. The van der Waals surface area contributed by atoms with E-state index in [1.165, 1.54) is 0 Å². The van der Waals surface area contributed by atoms with Gasteiger partial charge in [0.25, 0.3) is 0 Å². The summed E-state index contributed by atoms with van der Waals surface area (Å²) in [6.07, 6.45) is 3.70. The smallest absolute Gasteiger partial charge is 0.232 e. The minimum Gasteiger partial charge on any atom is -0.356 e. The molecule has 5 nitrogen and oxygen atoms in total. The molecular formula is C22H30ClN3O2. The van der Waals surface area contributed by atoms with Crippen LogP contribution in [-0.4, -0.2) is 41.6 Å². The molecule has 2 aromatic rings. The van der Waals surface area contributed by atoms with E-state index in [1.54, 1.807) is 0 Å². The first-order valence-corrected chi connectivity index (χ1v) is 10.6. The number of nitrogens with one attached hydrogen (secondary N) is 1. The topological polar surface area (TPSA) is 58.4 Å². The second kappa shape index (κ2) is 9.10. The largest absolute Gasteiger partial charge is 0.356 e. The highest BCUT2D eigenvalue weighted by Crippen LogP contribution is 2.48. The quantitative estimate of drug-likeness (QED) is 0.627. The van der Waals surface area contributed by atoms with Gasteiger partial charge in [-0.2, -0.15) is 0 Å². The van der Waals surface area contributed by atoms with Gasteiger partial charge in [-0.05, 0) is 76.5 Å². The van der Waals surface area contributed by atoms with Crippen molar-refractivity contribution in [1.82, 2.24) is 15.4 Å². The highest BCUT2D eigenvalue weighted by atomic mass is 35.5. The van der Waals surface area contributed by atoms with E-state index in [4.69, 9.17) is 16.1 Å². The molecule has 1 saturated carbocycles. The summed E-state index contributed by atoms with van der Waals surface area (Å²) in [5.74, 6) is 0.733. The third-order valence-electron chi connectivity index (χ3n) is 5.70. The summed E-state index contributed by atoms with van der Waals surface area (Å²) >= 11 is 5.94. The maximum atomic E-state index is 12.9. The van der Waals surface area contributed by atoms with Crippen LogP contribution in [0.3, 0.4) is 0 Å². The number of halogens is 1. The highest BCUT2D eigenvalue weighted by Gasteiger charge is 2.54. The Morgan fingerprint density at radius 2 is 1.96 bits per heavy atom. The highest BCUT2D eigenvalue weighted by molar-refractivity contribution is 6.30. The van der Waals surface area contributed by atoms with Crippen LogP contribution in [0, 0.1) is 0 Å². The molecule has 1 aromatic heterocycles. The van der Waals surface area contributed by atoms with Gasteiger partial charge in [0.2, 0.25) is 5.91 Å². The SMILES string of the molecule is CCN(CC)CCCC(C)NC(=O)C1(c2cc(-c3ccc(Cl)cc3)on2)CC1. The molecule has 1 amide bonds. The van der Waals surface area contributed by atoms with Crippen LogP contribution in [-0.2, 0) is 10.2 Å². The molecule has 3 rings (SSSR count). The Labute approximate surface area is 172 Å². The van der Waals surface area contributed by atoms with E-state index < -0.39 is 5.41 Å². The average molecular weight is 404 g/mol. The van der Waals surface area contributed by atoms with Crippen LogP contribution in [0.1, 0.15) is 52.1 Å². The maximum Gasteiger partial charge on any atom is 0.232 e. The third kappa shape index (κ3) is 4.76. The van der Waals surface area contributed by atoms with Gasteiger partial charge in [0.1, 0.15) is 0 Å². The van der Waals surface area contributed by atoms with E-state index in [0.717, 1.165) is 56.6 Å². The number of carbonyl (C=O) groups is 1. The average Bonchev–Trinajstić information content (AvgIpc) is 3.36. The first-order chi connectivity index (χ1) is 13.5. The fraction of sp³-hybridized carbons (Fsp3) is 0.545. The number of hydrogen-bond acceptors (Lipinski definition) is 4. The Balaban J connectivity index is 1.57. The van der Waals surface area contributed by atoms with Crippen molar-refractivity contribution in [3.05, 3.63) is 41.0 Å². The maximum absolute atomic E-state index is 12.9. The summed E-state index contributed by atoms with van der Waals surface area (Å²) in [6, 6.07) is 9.47. The van der Waals surface area contributed by atoms with Crippen molar-refractivity contribution in [2.24, 2.45) is 0 Å². The lowest BCUT2D eigenvalue weighted by Crippen LogP contribution is -2.40. The van der Waals surface area contributed by atoms with Crippen LogP contribution in [0.5, 0.6) is 0 Å². The van der Waals surface area contributed by atoms with Crippen LogP contribution < -0.4 is 5.32 Å². The number of benzene rings is 1. The van der Waals surface area contributed by atoms with Crippen molar-refractivity contribution in [2.45, 2.75) is 57.9 Å². The number of hydrogen-bond donors (Lipinski definition) is 1. The van der Waals surface area contributed by atoms with Crippen molar-refractivity contribution in [3.8, 4) is 11.3 Å². The lowest BCUT2D eigenvalue weighted by atomic mass is 9.99. The number of aromatic nitrogens is 1. The number of rotatable bonds is 10. The monoisotopic (exact) mass is 403 g/mol. The minimum atomic E-state index is -0.526. The summed E-state index contributed by atoms with van der Waals surface area (Å²) < 4.78 is 5.51. The lowest BCUT2D eigenvalue weighted by molar-refractivity contribution is -0.124. The molecule has 0 radical (unpaired) electrons. The predicted octanol–water partition coefficient (Wildman–Crippen LogP) is 4.65. The fourth-order valence-corrected chi connectivity index (χ4v) is 3.70. The first kappa shape index (κ1) is 20.9. The molecule has 6 heteroatoms. The van der Waals surface area contributed by atoms with Crippen LogP contribution in [0.4, 0.5) is 0 Å². The van der Waals surface area contributed by atoms with Gasteiger partial charge in [0.05, 0.1) is 11.1 Å². The Bertz CT molecular complexity index is 779. The molecule has 1 aromatic carbocycles. The zero-order valence-corrected chi connectivity index (χ0v) is 17.8. The summed E-state index contributed by atoms with van der Waals surface area (Å²) in [5.41, 5.74) is 1.11. The van der Waals surface area contributed by atoms with Gasteiger partial charge in [-0.3, -0.25) is 4.79 Å². The molecule has 1 atom stereocenters. The van der Waals surface area contributed by atoms with Crippen molar-refractivity contribution >= 4 is 17.5 Å². The van der Waals surface area contributed by atoms with Gasteiger partial charge in [-0.1, -0.05) is 30.6 Å². The first-order valence-electron chi connectivity index (χ1n) is 10.2. The molecule has 1 fully saturated rings. The van der Waals surface area contributed by atoms with Crippen molar-refractivity contribution in [1.29, 1.82) is 0 Å². The van der Waals surface area contributed by atoms with E-state index in [-0.39, 0.29) is 11.9 Å². The molecule has 1 aliphatic rings. The molecule has 28 heavy (non-hydrogen) atoms. The van der Waals surface area contributed by atoms with E-state index in [2.05, 4.69) is 36.1 Å². The Morgan fingerprint density at radius 1 is 1.29 bits per heavy atom. The molecule has 1 N–H and O–H groups in total. The Hall–Kier alpha value is -1.85. The standard InChI is InChI=1S/C22H30ClN3O2/c1-4-26(5-2)14-6-7-16(3)24-21(27)22(12-13-22)20-15-19(28-25-20)17-8-10-18(23)11-9-17/h8-11,15-16H,4-7,12-14H2,1-3H3,(H,24,27). The van der Waals surface area contributed by atoms with Crippen LogP contribution in [0.25, 0.3) is 11.3 Å². The molecule has 152 valence electrons. The molecule has 1 aliphatic carbocycles. The summed E-state index contributed by atoms with van der Waals surface area (Å²) in [7, 11) is 0. The van der Waals surface area contributed by atoms with Gasteiger partial charge >= 0.3 is 0 Å². The fourth-order valence-electron chi connectivity index (χ4n) is 3.57. The van der Waals surface area contributed by atoms with Gasteiger partial charge in [0.15, 0.2) is 5.76 Å². The van der Waals surface area contributed by atoms with Crippen LogP contribution >= 0.6 is 11.6 Å². The molecule has 1 unspecified atom stereocenters. The molecule has 0 spiro atoms. The van der Waals surface area contributed by atoms with Crippen LogP contribution in [0.15, 0.2) is 34.9 Å². The molecule has 0 saturated heterocycles. The third-order valence-corrected chi connectivity index (χ3v) is 5.95. The summed E-state index contributed by atoms with van der Waals surface area (Å²) in [6.45, 7) is 9.67. The summed E-state index contributed by atoms with van der Waals surface area (Å²) in [4.78, 5) is 15.3. The second-order valence-electron chi connectivity index (χ2n) is 7.71. The second-order valence-corrected chi connectivity index (χ2v) is 8.15. The van der Waals surface area contributed by atoms with Gasteiger partial charge in [0, 0.05) is 22.7 Å². The van der Waals surface area contributed by atoms with E-state index in [9.17, 15) is 4.79 Å². The normalized spacial score (nSPS) is 16.2. The van der Waals surface area contributed by atoms with Gasteiger partial charge in [-0.25, -0.2) is 0 Å². The van der Waals surface area contributed by atoms with Crippen molar-refractivity contribution < 1.29 is 9.32 Å².